The van der Waals surface area contributed by atoms with Crippen molar-refractivity contribution in [1.82, 2.24) is 0 Å². The Labute approximate surface area is 142 Å². The first kappa shape index (κ1) is 18.9. The number of carbonyl (C=O) groups excluding carboxylic acids is 1. The lowest BCUT2D eigenvalue weighted by Crippen LogP contribution is -2.51. The Hall–Kier alpha value is -2.47. The number of allylic oxidation sites excluding steroid dienone is 1. The number of aliphatic hydroxyl groups is 1. The fourth-order valence-corrected chi connectivity index (χ4v) is 2.37. The molecular formula is C19H16F4O2. The molecule has 1 unspecified atom stereocenters. The molecule has 0 saturated heterocycles. The standard InChI is InChI=1S/C19H16F4O2/c20-17(21)19(22,23)18(25,15-9-5-2-6-10-15)13-16(24)12-11-14-7-3-1-4-8-14/h1-12,17,25H,13H2/b12-11+. The van der Waals surface area contributed by atoms with E-state index in [1.165, 1.54) is 24.3 Å². The van der Waals surface area contributed by atoms with Crippen LogP contribution in [-0.4, -0.2) is 23.2 Å². The van der Waals surface area contributed by atoms with Crippen LogP contribution < -0.4 is 0 Å². The Morgan fingerprint density at radius 1 is 1.00 bits per heavy atom. The molecule has 2 aromatic carbocycles. The normalized spacial score (nSPS) is 14.6. The molecule has 2 nitrogen and oxygen atoms in total. The summed E-state index contributed by atoms with van der Waals surface area (Å²) in [6.45, 7) is 0. The zero-order valence-corrected chi connectivity index (χ0v) is 13.1. The summed E-state index contributed by atoms with van der Waals surface area (Å²) in [6, 6.07) is 14.9. The molecule has 1 N–H and O–H groups in total. The summed E-state index contributed by atoms with van der Waals surface area (Å²) >= 11 is 0. The van der Waals surface area contributed by atoms with Gasteiger partial charge in [0.25, 0.3) is 0 Å². The minimum absolute atomic E-state index is 0.443. The van der Waals surface area contributed by atoms with Crippen molar-refractivity contribution in [2.24, 2.45) is 0 Å². The minimum Gasteiger partial charge on any atom is -0.378 e. The van der Waals surface area contributed by atoms with Crippen LogP contribution in [0.4, 0.5) is 17.6 Å². The maximum Gasteiger partial charge on any atom is 0.339 e. The smallest absolute Gasteiger partial charge is 0.339 e. The van der Waals surface area contributed by atoms with Gasteiger partial charge in [0.1, 0.15) is 0 Å². The van der Waals surface area contributed by atoms with Gasteiger partial charge in [-0.2, -0.15) is 8.78 Å². The molecule has 6 heteroatoms. The van der Waals surface area contributed by atoms with Crippen molar-refractivity contribution in [3.8, 4) is 0 Å². The quantitative estimate of drug-likeness (QED) is 0.591. The molecule has 1 atom stereocenters. The zero-order valence-electron chi connectivity index (χ0n) is 13.1. The van der Waals surface area contributed by atoms with E-state index in [-0.39, 0.29) is 0 Å². The number of alkyl halides is 4. The molecule has 0 aliphatic carbocycles. The van der Waals surface area contributed by atoms with Crippen molar-refractivity contribution in [2.75, 3.05) is 0 Å². The SMILES string of the molecule is O=C(/C=C/c1ccccc1)CC(O)(c1ccccc1)C(F)(F)C(F)F. The highest BCUT2D eigenvalue weighted by molar-refractivity contribution is 5.94. The Balaban J connectivity index is 2.31. The number of ketones is 1. The first-order valence-electron chi connectivity index (χ1n) is 7.47. The van der Waals surface area contributed by atoms with Crippen molar-refractivity contribution >= 4 is 11.9 Å². The average molecular weight is 352 g/mol. The second kappa shape index (κ2) is 7.61. The topological polar surface area (TPSA) is 37.3 Å². The monoisotopic (exact) mass is 352 g/mol. The van der Waals surface area contributed by atoms with E-state index in [0.29, 0.717) is 5.56 Å². The van der Waals surface area contributed by atoms with Crippen molar-refractivity contribution in [2.45, 2.75) is 24.4 Å². The van der Waals surface area contributed by atoms with Crippen LogP contribution in [0.3, 0.4) is 0 Å². The molecule has 0 bridgehead atoms. The van der Waals surface area contributed by atoms with E-state index in [4.69, 9.17) is 0 Å². The molecule has 0 aliphatic rings. The summed E-state index contributed by atoms with van der Waals surface area (Å²) < 4.78 is 53.8. The van der Waals surface area contributed by atoms with Crippen molar-refractivity contribution < 1.29 is 27.5 Å². The predicted molar refractivity (Wildman–Crippen MR) is 86.4 cm³/mol. The molecule has 0 fully saturated rings. The largest absolute Gasteiger partial charge is 0.378 e. The van der Waals surface area contributed by atoms with Gasteiger partial charge in [0, 0.05) is 6.42 Å². The Morgan fingerprint density at radius 3 is 2.04 bits per heavy atom. The molecule has 2 rings (SSSR count). The van der Waals surface area contributed by atoms with Crippen LogP contribution in [0.2, 0.25) is 0 Å². The molecule has 0 spiro atoms. The number of rotatable bonds is 7. The molecule has 0 radical (unpaired) electrons. The third kappa shape index (κ3) is 4.14. The molecule has 25 heavy (non-hydrogen) atoms. The van der Waals surface area contributed by atoms with Crippen LogP contribution in [-0.2, 0) is 10.4 Å². The number of hydrogen-bond acceptors (Lipinski definition) is 2. The fourth-order valence-electron chi connectivity index (χ4n) is 2.37. The van der Waals surface area contributed by atoms with Gasteiger partial charge in [-0.25, -0.2) is 8.78 Å². The van der Waals surface area contributed by atoms with Gasteiger partial charge in [-0.3, -0.25) is 4.79 Å². The van der Waals surface area contributed by atoms with E-state index in [2.05, 4.69) is 0 Å². The van der Waals surface area contributed by atoms with E-state index in [0.717, 1.165) is 18.2 Å². The molecule has 0 heterocycles. The highest BCUT2D eigenvalue weighted by Gasteiger charge is 2.60. The first-order valence-corrected chi connectivity index (χ1v) is 7.47. The summed E-state index contributed by atoms with van der Waals surface area (Å²) in [5, 5.41) is 10.4. The lowest BCUT2D eigenvalue weighted by Gasteiger charge is -2.35. The maximum absolute atomic E-state index is 14.0. The van der Waals surface area contributed by atoms with Gasteiger partial charge in [0.15, 0.2) is 11.4 Å². The second-order valence-electron chi connectivity index (χ2n) is 5.54. The van der Waals surface area contributed by atoms with Crippen LogP contribution in [0.5, 0.6) is 0 Å². The number of benzene rings is 2. The fraction of sp³-hybridized carbons (Fsp3) is 0.211. The molecule has 0 aromatic heterocycles. The summed E-state index contributed by atoms with van der Waals surface area (Å²) in [7, 11) is 0. The first-order chi connectivity index (χ1) is 11.8. The van der Waals surface area contributed by atoms with Crippen LogP contribution in [0.1, 0.15) is 17.5 Å². The van der Waals surface area contributed by atoms with Crippen LogP contribution in [0.15, 0.2) is 66.7 Å². The van der Waals surface area contributed by atoms with E-state index < -0.39 is 35.7 Å². The van der Waals surface area contributed by atoms with Gasteiger partial charge in [-0.05, 0) is 17.2 Å². The number of carbonyl (C=O) groups is 1. The summed E-state index contributed by atoms with van der Waals surface area (Å²) in [5.74, 6) is -5.68. The molecule has 0 aliphatic heterocycles. The van der Waals surface area contributed by atoms with E-state index in [1.54, 1.807) is 30.3 Å². The second-order valence-corrected chi connectivity index (χ2v) is 5.54. The predicted octanol–water partition coefficient (Wildman–Crippen LogP) is 4.45. The van der Waals surface area contributed by atoms with Crippen LogP contribution in [0, 0.1) is 0 Å². The molecular weight excluding hydrogens is 336 g/mol. The lowest BCUT2D eigenvalue weighted by molar-refractivity contribution is -0.249. The average Bonchev–Trinajstić information content (AvgIpc) is 2.61. The minimum atomic E-state index is -4.79. The van der Waals surface area contributed by atoms with Gasteiger partial charge >= 0.3 is 12.3 Å². The molecule has 0 saturated carbocycles. The van der Waals surface area contributed by atoms with Crippen molar-refractivity contribution in [3.05, 3.63) is 77.9 Å². The Kier molecular flexibility index (Phi) is 5.74. The van der Waals surface area contributed by atoms with Gasteiger partial charge in [0.2, 0.25) is 0 Å². The van der Waals surface area contributed by atoms with E-state index in [9.17, 15) is 27.5 Å². The number of hydrogen-bond donors (Lipinski definition) is 1. The molecule has 0 amide bonds. The highest BCUT2D eigenvalue weighted by Crippen LogP contribution is 2.44. The maximum atomic E-state index is 14.0. The summed E-state index contributed by atoms with van der Waals surface area (Å²) in [4.78, 5) is 12.0. The molecule has 132 valence electrons. The Morgan fingerprint density at radius 2 is 1.52 bits per heavy atom. The summed E-state index contributed by atoms with van der Waals surface area (Å²) in [6.07, 6.45) is -2.93. The lowest BCUT2D eigenvalue weighted by atomic mass is 9.82. The van der Waals surface area contributed by atoms with E-state index >= 15 is 0 Å². The van der Waals surface area contributed by atoms with Crippen LogP contribution >= 0.6 is 0 Å². The van der Waals surface area contributed by atoms with Gasteiger partial charge < -0.3 is 5.11 Å². The number of halogens is 4. The van der Waals surface area contributed by atoms with Crippen molar-refractivity contribution in [3.63, 3.8) is 0 Å². The third-order valence-electron chi connectivity index (χ3n) is 3.77. The van der Waals surface area contributed by atoms with Gasteiger partial charge in [-0.15, -0.1) is 0 Å². The third-order valence-corrected chi connectivity index (χ3v) is 3.77. The van der Waals surface area contributed by atoms with E-state index in [1.807, 2.05) is 0 Å². The van der Waals surface area contributed by atoms with Crippen molar-refractivity contribution in [1.29, 1.82) is 0 Å². The van der Waals surface area contributed by atoms with Gasteiger partial charge in [-0.1, -0.05) is 66.7 Å². The highest BCUT2D eigenvalue weighted by atomic mass is 19.3. The summed E-state index contributed by atoms with van der Waals surface area (Å²) in [5.41, 5.74) is -3.11. The zero-order chi connectivity index (χ0) is 18.5. The van der Waals surface area contributed by atoms with Gasteiger partial charge in [0.05, 0.1) is 0 Å². The molecule has 2 aromatic rings. The van der Waals surface area contributed by atoms with Crippen LogP contribution in [0.25, 0.3) is 6.08 Å². The Bertz CT molecular complexity index is 730.